The van der Waals surface area contributed by atoms with Crippen LogP contribution in [0.1, 0.15) is 11.1 Å². The number of carbonyl (C=O) groups excluding carboxylic acids is 1. The number of aromatic hydroxyl groups is 1. The number of phenols is 1. The molecular weight excluding hydrogens is 378 g/mol. The number of nitrogens with zero attached hydrogens (tertiary/aromatic N) is 2. The molecular formula is C22H22F2N2O3. The van der Waals surface area contributed by atoms with Crippen molar-refractivity contribution in [2.24, 2.45) is 0 Å². The fourth-order valence-corrected chi connectivity index (χ4v) is 4.12. The Morgan fingerprint density at radius 2 is 2.10 bits per heavy atom. The van der Waals surface area contributed by atoms with Crippen molar-refractivity contribution in [3.63, 3.8) is 0 Å². The molecule has 152 valence electrons. The molecule has 1 atom stereocenters. The summed E-state index contributed by atoms with van der Waals surface area (Å²) in [4.78, 5) is 15.7. The largest absolute Gasteiger partial charge is 0.507 e. The molecule has 2 heterocycles. The number of carbonyl (C=O) groups is 1. The Morgan fingerprint density at radius 1 is 1.31 bits per heavy atom. The average molecular weight is 400 g/mol. The third-order valence-corrected chi connectivity index (χ3v) is 5.64. The molecule has 1 fully saturated rings. The van der Waals surface area contributed by atoms with E-state index < -0.39 is 11.6 Å². The molecule has 0 aliphatic carbocycles. The van der Waals surface area contributed by atoms with Crippen LogP contribution in [0, 0.1) is 18.6 Å². The Morgan fingerprint density at radius 3 is 2.83 bits per heavy atom. The van der Waals surface area contributed by atoms with Crippen molar-refractivity contribution in [1.82, 2.24) is 9.80 Å². The maximum atomic E-state index is 15.4. The summed E-state index contributed by atoms with van der Waals surface area (Å²) in [5.41, 5.74) is 0.816. The summed E-state index contributed by atoms with van der Waals surface area (Å²) in [6, 6.07) is 5.87. The molecule has 1 N–H and O–H groups in total. The Bertz CT molecular complexity index is 972. The van der Waals surface area contributed by atoms with E-state index >= 15 is 4.39 Å². The number of amides is 1. The molecule has 2 aromatic rings. The van der Waals surface area contributed by atoms with Gasteiger partial charge in [-0.1, -0.05) is 18.7 Å². The van der Waals surface area contributed by atoms with Crippen molar-refractivity contribution in [3.8, 4) is 22.6 Å². The maximum Gasteiger partial charge on any atom is 0.246 e. The van der Waals surface area contributed by atoms with Crippen LogP contribution in [0.4, 0.5) is 8.78 Å². The molecule has 1 amide bonds. The lowest BCUT2D eigenvalue weighted by atomic mass is 9.96. The van der Waals surface area contributed by atoms with Crippen LogP contribution >= 0.6 is 0 Å². The smallest absolute Gasteiger partial charge is 0.246 e. The van der Waals surface area contributed by atoms with E-state index in [1.165, 1.54) is 18.2 Å². The SMILES string of the molecule is C=CC(=O)N1CCN2Cc3cc(F)c(-c4c(C)cccc4O)c(F)c3OC[C@H]2C1. The normalized spacial score (nSPS) is 19.0. The van der Waals surface area contributed by atoms with Gasteiger partial charge in [0.15, 0.2) is 11.6 Å². The quantitative estimate of drug-likeness (QED) is 0.787. The van der Waals surface area contributed by atoms with Gasteiger partial charge in [0.05, 0.1) is 11.6 Å². The fourth-order valence-electron chi connectivity index (χ4n) is 4.12. The average Bonchev–Trinajstić information content (AvgIpc) is 2.88. The number of rotatable bonds is 2. The summed E-state index contributed by atoms with van der Waals surface area (Å²) in [6.07, 6.45) is 1.28. The summed E-state index contributed by atoms with van der Waals surface area (Å²) in [5, 5.41) is 10.2. The van der Waals surface area contributed by atoms with E-state index in [0.717, 1.165) is 0 Å². The van der Waals surface area contributed by atoms with Gasteiger partial charge in [-0.15, -0.1) is 0 Å². The predicted molar refractivity (Wildman–Crippen MR) is 105 cm³/mol. The molecule has 4 rings (SSSR count). The molecule has 2 aromatic carbocycles. The molecule has 2 aliphatic rings. The van der Waals surface area contributed by atoms with Gasteiger partial charge in [0.2, 0.25) is 5.91 Å². The zero-order valence-corrected chi connectivity index (χ0v) is 16.1. The van der Waals surface area contributed by atoms with Gasteiger partial charge in [-0.3, -0.25) is 9.69 Å². The van der Waals surface area contributed by atoms with Crippen molar-refractivity contribution in [2.45, 2.75) is 19.5 Å². The third-order valence-electron chi connectivity index (χ3n) is 5.64. The van der Waals surface area contributed by atoms with E-state index in [0.29, 0.717) is 37.3 Å². The summed E-state index contributed by atoms with van der Waals surface area (Å²) in [5.74, 6) is -1.90. The van der Waals surface area contributed by atoms with Gasteiger partial charge in [0.25, 0.3) is 0 Å². The van der Waals surface area contributed by atoms with Crippen molar-refractivity contribution in [2.75, 3.05) is 26.2 Å². The van der Waals surface area contributed by atoms with Crippen molar-refractivity contribution >= 4 is 5.91 Å². The maximum absolute atomic E-state index is 15.4. The number of phenolic OH excluding ortho intramolecular Hbond substituents is 1. The lowest BCUT2D eigenvalue weighted by Gasteiger charge is -2.39. The monoisotopic (exact) mass is 400 g/mol. The summed E-state index contributed by atoms with van der Waals surface area (Å²) in [7, 11) is 0. The number of halogens is 2. The first-order valence-electron chi connectivity index (χ1n) is 9.48. The molecule has 1 saturated heterocycles. The standard InChI is InChI=1S/C22H22F2N2O3/c1-3-18(28)26-8-7-25-10-14-9-16(23)20(19-13(2)5-4-6-17(19)27)21(24)22(14)29-12-15(25)11-26/h3-6,9,15,27H,1,7-8,10-12H2,2H3/t15-/m1/s1. The number of ether oxygens (including phenoxy) is 1. The zero-order valence-electron chi connectivity index (χ0n) is 16.1. The third kappa shape index (κ3) is 3.35. The van der Waals surface area contributed by atoms with Gasteiger partial charge in [-0.05, 0) is 30.7 Å². The minimum absolute atomic E-state index is 0.0000466. The van der Waals surface area contributed by atoms with Crippen LogP contribution in [-0.2, 0) is 11.3 Å². The minimum Gasteiger partial charge on any atom is -0.507 e. The van der Waals surface area contributed by atoms with Gasteiger partial charge in [0, 0.05) is 37.3 Å². The molecule has 0 aromatic heterocycles. The molecule has 0 bridgehead atoms. The van der Waals surface area contributed by atoms with Gasteiger partial charge in [-0.2, -0.15) is 0 Å². The summed E-state index contributed by atoms with van der Waals surface area (Å²) >= 11 is 0. The van der Waals surface area contributed by atoms with Crippen molar-refractivity contribution in [1.29, 1.82) is 0 Å². The van der Waals surface area contributed by atoms with E-state index in [-0.39, 0.29) is 41.2 Å². The van der Waals surface area contributed by atoms with E-state index in [9.17, 15) is 14.3 Å². The minimum atomic E-state index is -0.816. The second-order valence-corrected chi connectivity index (χ2v) is 7.43. The number of hydrogen-bond donors (Lipinski definition) is 1. The topological polar surface area (TPSA) is 53.0 Å². The van der Waals surface area contributed by atoms with Crippen LogP contribution < -0.4 is 4.74 Å². The van der Waals surface area contributed by atoms with Crippen LogP contribution in [-0.4, -0.2) is 53.1 Å². The van der Waals surface area contributed by atoms with Crippen LogP contribution in [0.15, 0.2) is 36.9 Å². The second-order valence-electron chi connectivity index (χ2n) is 7.43. The fraction of sp³-hybridized carbons (Fsp3) is 0.318. The zero-order chi connectivity index (χ0) is 20.7. The summed E-state index contributed by atoms with van der Waals surface area (Å²) < 4.78 is 36.2. The number of aryl methyl sites for hydroxylation is 1. The number of hydrogen-bond acceptors (Lipinski definition) is 4. The van der Waals surface area contributed by atoms with Crippen LogP contribution in [0.2, 0.25) is 0 Å². The molecule has 0 unspecified atom stereocenters. The van der Waals surface area contributed by atoms with Crippen molar-refractivity contribution in [3.05, 3.63) is 59.7 Å². The molecule has 29 heavy (non-hydrogen) atoms. The predicted octanol–water partition coefficient (Wildman–Crippen LogP) is 3.24. The molecule has 0 spiro atoms. The highest BCUT2D eigenvalue weighted by Crippen LogP contribution is 2.41. The number of piperazine rings is 1. The van der Waals surface area contributed by atoms with E-state index in [2.05, 4.69) is 11.5 Å². The first-order chi connectivity index (χ1) is 13.9. The van der Waals surface area contributed by atoms with Gasteiger partial charge >= 0.3 is 0 Å². The molecule has 2 aliphatic heterocycles. The van der Waals surface area contributed by atoms with Crippen molar-refractivity contribution < 1.29 is 23.4 Å². The van der Waals surface area contributed by atoms with Crippen LogP contribution in [0.25, 0.3) is 11.1 Å². The number of fused-ring (bicyclic) bond motifs is 2. The van der Waals surface area contributed by atoms with Gasteiger partial charge in [0.1, 0.15) is 18.2 Å². The first kappa shape index (κ1) is 19.4. The highest BCUT2D eigenvalue weighted by molar-refractivity contribution is 5.87. The van der Waals surface area contributed by atoms with Crippen LogP contribution in [0.3, 0.4) is 0 Å². The highest BCUT2D eigenvalue weighted by atomic mass is 19.1. The molecule has 0 saturated carbocycles. The van der Waals surface area contributed by atoms with E-state index in [4.69, 9.17) is 4.74 Å². The lowest BCUT2D eigenvalue weighted by Crippen LogP contribution is -2.55. The first-order valence-corrected chi connectivity index (χ1v) is 9.48. The highest BCUT2D eigenvalue weighted by Gasteiger charge is 2.34. The molecule has 5 nitrogen and oxygen atoms in total. The summed E-state index contributed by atoms with van der Waals surface area (Å²) in [6.45, 7) is 7.25. The Kier molecular flexibility index (Phi) is 5.00. The van der Waals surface area contributed by atoms with Crippen LogP contribution in [0.5, 0.6) is 11.5 Å². The number of benzene rings is 2. The Labute approximate surface area is 167 Å². The van der Waals surface area contributed by atoms with Gasteiger partial charge < -0.3 is 14.7 Å². The second kappa shape index (κ2) is 7.48. The van der Waals surface area contributed by atoms with Gasteiger partial charge in [-0.25, -0.2) is 8.78 Å². The lowest BCUT2D eigenvalue weighted by molar-refractivity contribution is -0.129. The van der Waals surface area contributed by atoms with E-state index in [1.807, 2.05) is 0 Å². The van der Waals surface area contributed by atoms with E-state index in [1.54, 1.807) is 24.0 Å². The molecule has 0 radical (unpaired) electrons. The Hall–Kier alpha value is -2.93. The Balaban J connectivity index is 1.71. The molecule has 7 heteroatoms.